The van der Waals surface area contributed by atoms with Crippen LogP contribution in [0.5, 0.6) is 0 Å². The normalized spacial score (nSPS) is 15.8. The van der Waals surface area contributed by atoms with Gasteiger partial charge in [-0.05, 0) is 18.9 Å². The van der Waals surface area contributed by atoms with E-state index in [0.717, 1.165) is 18.5 Å². The van der Waals surface area contributed by atoms with Crippen molar-refractivity contribution < 1.29 is 14.7 Å². The highest BCUT2D eigenvalue weighted by atomic mass is 16.4. The van der Waals surface area contributed by atoms with E-state index < -0.39 is 11.9 Å². The SMILES string of the molecule is NC(=O)CN(CC(=O)O)Cc1ccn(C2CCCC2)n1. The van der Waals surface area contributed by atoms with Crippen molar-refractivity contribution in [3.8, 4) is 0 Å². The number of aromatic nitrogens is 2. The Morgan fingerprint density at radius 1 is 1.40 bits per heavy atom. The molecular formula is C13H20N4O3. The lowest BCUT2D eigenvalue weighted by Gasteiger charge is -2.17. The predicted molar refractivity (Wildman–Crippen MR) is 71.8 cm³/mol. The number of primary amides is 1. The Morgan fingerprint density at radius 3 is 2.70 bits per heavy atom. The Bertz CT molecular complexity index is 464. The summed E-state index contributed by atoms with van der Waals surface area (Å²) in [5, 5.41) is 13.3. The molecule has 2 rings (SSSR count). The summed E-state index contributed by atoms with van der Waals surface area (Å²) in [4.78, 5) is 23.2. The highest BCUT2D eigenvalue weighted by molar-refractivity contribution is 5.77. The average molecular weight is 280 g/mol. The Morgan fingerprint density at radius 2 is 2.10 bits per heavy atom. The molecule has 1 saturated carbocycles. The lowest BCUT2D eigenvalue weighted by atomic mass is 10.3. The quantitative estimate of drug-likeness (QED) is 0.751. The molecular weight excluding hydrogens is 260 g/mol. The third kappa shape index (κ3) is 4.06. The Balaban J connectivity index is 1.98. The highest BCUT2D eigenvalue weighted by Crippen LogP contribution is 2.28. The molecule has 1 amide bonds. The molecule has 110 valence electrons. The van der Waals surface area contributed by atoms with Gasteiger partial charge in [0.1, 0.15) is 0 Å². The van der Waals surface area contributed by atoms with Crippen molar-refractivity contribution >= 4 is 11.9 Å². The van der Waals surface area contributed by atoms with Crippen LogP contribution in [-0.4, -0.2) is 44.8 Å². The van der Waals surface area contributed by atoms with E-state index in [0.29, 0.717) is 12.6 Å². The van der Waals surface area contributed by atoms with Gasteiger partial charge in [-0.15, -0.1) is 0 Å². The largest absolute Gasteiger partial charge is 0.480 e. The first-order chi connectivity index (χ1) is 9.54. The van der Waals surface area contributed by atoms with Gasteiger partial charge in [0, 0.05) is 12.7 Å². The molecule has 1 heterocycles. The molecule has 7 heteroatoms. The van der Waals surface area contributed by atoms with E-state index >= 15 is 0 Å². The number of amides is 1. The third-order valence-electron chi connectivity index (χ3n) is 3.49. The first-order valence-electron chi connectivity index (χ1n) is 6.81. The monoisotopic (exact) mass is 280 g/mol. The Hall–Kier alpha value is -1.89. The molecule has 1 aliphatic carbocycles. The summed E-state index contributed by atoms with van der Waals surface area (Å²) in [5.41, 5.74) is 5.89. The zero-order valence-corrected chi connectivity index (χ0v) is 11.4. The minimum atomic E-state index is -0.985. The zero-order valence-electron chi connectivity index (χ0n) is 11.4. The van der Waals surface area contributed by atoms with E-state index in [1.54, 1.807) is 0 Å². The van der Waals surface area contributed by atoms with Gasteiger partial charge in [-0.1, -0.05) is 12.8 Å². The minimum Gasteiger partial charge on any atom is -0.480 e. The summed E-state index contributed by atoms with van der Waals surface area (Å²) < 4.78 is 1.95. The zero-order chi connectivity index (χ0) is 14.5. The van der Waals surface area contributed by atoms with Crippen LogP contribution >= 0.6 is 0 Å². The maximum atomic E-state index is 11.0. The van der Waals surface area contributed by atoms with E-state index in [9.17, 15) is 9.59 Å². The van der Waals surface area contributed by atoms with Gasteiger partial charge in [0.15, 0.2) is 0 Å². The Labute approximate surface area is 117 Å². The number of nitrogens with zero attached hydrogens (tertiary/aromatic N) is 3. The molecule has 0 saturated heterocycles. The number of carbonyl (C=O) groups is 2. The molecule has 0 bridgehead atoms. The Kier molecular flexibility index (Phi) is 4.73. The van der Waals surface area contributed by atoms with E-state index in [1.807, 2.05) is 16.9 Å². The van der Waals surface area contributed by atoms with E-state index in [-0.39, 0.29) is 13.1 Å². The van der Waals surface area contributed by atoms with Crippen LogP contribution in [0.2, 0.25) is 0 Å². The molecule has 7 nitrogen and oxygen atoms in total. The van der Waals surface area contributed by atoms with Gasteiger partial charge in [0.25, 0.3) is 0 Å². The summed E-state index contributed by atoms with van der Waals surface area (Å²) >= 11 is 0. The summed E-state index contributed by atoms with van der Waals surface area (Å²) in [5.74, 6) is -1.53. The van der Waals surface area contributed by atoms with Crippen LogP contribution in [0.3, 0.4) is 0 Å². The number of carboxylic acids is 1. The number of hydrogen-bond acceptors (Lipinski definition) is 4. The van der Waals surface area contributed by atoms with Crippen LogP contribution < -0.4 is 5.73 Å². The molecule has 3 N–H and O–H groups in total. The summed E-state index contributed by atoms with van der Waals surface area (Å²) in [6, 6.07) is 2.32. The smallest absolute Gasteiger partial charge is 0.317 e. The number of carbonyl (C=O) groups excluding carboxylic acids is 1. The molecule has 1 aromatic heterocycles. The van der Waals surface area contributed by atoms with E-state index in [1.165, 1.54) is 17.7 Å². The number of aliphatic carboxylic acids is 1. The van der Waals surface area contributed by atoms with E-state index in [2.05, 4.69) is 5.10 Å². The summed E-state index contributed by atoms with van der Waals surface area (Å²) in [6.07, 6.45) is 6.66. The van der Waals surface area contributed by atoms with Crippen molar-refractivity contribution in [2.45, 2.75) is 38.3 Å². The van der Waals surface area contributed by atoms with E-state index in [4.69, 9.17) is 10.8 Å². The molecule has 0 spiro atoms. The van der Waals surface area contributed by atoms with Gasteiger partial charge in [0.05, 0.1) is 24.8 Å². The maximum absolute atomic E-state index is 11.0. The van der Waals surface area contributed by atoms with Crippen LogP contribution in [0.4, 0.5) is 0 Å². The molecule has 1 aromatic rings. The van der Waals surface area contributed by atoms with Crippen molar-refractivity contribution in [1.82, 2.24) is 14.7 Å². The topological polar surface area (TPSA) is 101 Å². The molecule has 1 aliphatic rings. The van der Waals surface area contributed by atoms with Gasteiger partial charge in [-0.25, -0.2) is 0 Å². The second-order valence-corrected chi connectivity index (χ2v) is 5.23. The maximum Gasteiger partial charge on any atom is 0.317 e. The fourth-order valence-corrected chi connectivity index (χ4v) is 2.64. The predicted octanol–water partition coefficient (Wildman–Crippen LogP) is 0.370. The van der Waals surface area contributed by atoms with Gasteiger partial charge >= 0.3 is 5.97 Å². The lowest BCUT2D eigenvalue weighted by molar-refractivity contribution is -0.138. The molecule has 0 aliphatic heterocycles. The number of rotatable bonds is 7. The van der Waals surface area contributed by atoms with Crippen LogP contribution in [-0.2, 0) is 16.1 Å². The average Bonchev–Trinajstić information content (AvgIpc) is 2.95. The van der Waals surface area contributed by atoms with Crippen LogP contribution in [0.1, 0.15) is 37.4 Å². The van der Waals surface area contributed by atoms with Gasteiger partial charge in [-0.3, -0.25) is 19.2 Å². The van der Waals surface area contributed by atoms with Gasteiger partial charge < -0.3 is 10.8 Å². The van der Waals surface area contributed by atoms with Crippen molar-refractivity contribution in [3.05, 3.63) is 18.0 Å². The minimum absolute atomic E-state index is 0.0808. The fourth-order valence-electron chi connectivity index (χ4n) is 2.64. The summed E-state index contributed by atoms with van der Waals surface area (Å²) in [7, 11) is 0. The lowest BCUT2D eigenvalue weighted by Crippen LogP contribution is -2.37. The van der Waals surface area contributed by atoms with Crippen molar-refractivity contribution in [2.24, 2.45) is 5.73 Å². The van der Waals surface area contributed by atoms with Crippen molar-refractivity contribution in [2.75, 3.05) is 13.1 Å². The fraction of sp³-hybridized carbons (Fsp3) is 0.615. The van der Waals surface area contributed by atoms with Crippen LogP contribution in [0, 0.1) is 0 Å². The molecule has 0 radical (unpaired) electrons. The van der Waals surface area contributed by atoms with Gasteiger partial charge in [-0.2, -0.15) is 5.10 Å². The second-order valence-electron chi connectivity index (χ2n) is 5.23. The second kappa shape index (κ2) is 6.51. The van der Waals surface area contributed by atoms with Crippen LogP contribution in [0.25, 0.3) is 0 Å². The molecule has 0 aromatic carbocycles. The third-order valence-corrected chi connectivity index (χ3v) is 3.49. The molecule has 0 unspecified atom stereocenters. The highest BCUT2D eigenvalue weighted by Gasteiger charge is 2.19. The molecule has 0 atom stereocenters. The first-order valence-corrected chi connectivity index (χ1v) is 6.81. The summed E-state index contributed by atoms with van der Waals surface area (Å²) in [6.45, 7) is 0.0107. The first kappa shape index (κ1) is 14.5. The molecule has 1 fully saturated rings. The van der Waals surface area contributed by atoms with Gasteiger partial charge in [0.2, 0.25) is 5.91 Å². The number of hydrogen-bond donors (Lipinski definition) is 2. The van der Waals surface area contributed by atoms with Crippen molar-refractivity contribution in [3.63, 3.8) is 0 Å². The van der Waals surface area contributed by atoms with Crippen molar-refractivity contribution in [1.29, 1.82) is 0 Å². The van der Waals surface area contributed by atoms with Crippen LogP contribution in [0.15, 0.2) is 12.3 Å². The number of carboxylic acid groups (broad SMARTS) is 1. The molecule has 20 heavy (non-hydrogen) atoms. The number of nitrogens with two attached hydrogens (primary N) is 1. The standard InChI is InChI=1S/C13H20N4O3/c14-12(18)8-16(9-13(19)20)7-10-5-6-17(15-10)11-3-1-2-4-11/h5-6,11H,1-4,7-9H2,(H2,14,18)(H,19,20).